The van der Waals surface area contributed by atoms with Gasteiger partial charge in [-0.2, -0.15) is 10.4 Å². The topological polar surface area (TPSA) is 73.1 Å². The Balaban J connectivity index is 1.93. The third kappa shape index (κ3) is 2.72. The molecule has 0 aliphatic carbocycles. The third-order valence-electron chi connectivity index (χ3n) is 5.49. The maximum absolute atomic E-state index is 12.3. The number of aromatic nitrogens is 2. The summed E-state index contributed by atoms with van der Waals surface area (Å²) in [6.45, 7) is 7.46. The van der Waals surface area contributed by atoms with Crippen LogP contribution in [0.1, 0.15) is 55.8 Å². The van der Waals surface area contributed by atoms with Crippen LogP contribution in [0.25, 0.3) is 0 Å². The fourth-order valence-corrected chi connectivity index (χ4v) is 4.09. The molecule has 0 saturated carbocycles. The fourth-order valence-electron chi connectivity index (χ4n) is 4.09. The number of rotatable bonds is 3. The van der Waals surface area contributed by atoms with Crippen molar-refractivity contribution in [2.24, 2.45) is 0 Å². The zero-order valence-corrected chi connectivity index (χ0v) is 14.7. The predicted molar refractivity (Wildman–Crippen MR) is 91.6 cm³/mol. The molecule has 24 heavy (non-hydrogen) atoms. The first-order valence-electron chi connectivity index (χ1n) is 8.88. The van der Waals surface area contributed by atoms with Gasteiger partial charge in [0.1, 0.15) is 11.6 Å². The molecular formula is C18H25N5O. The van der Waals surface area contributed by atoms with Gasteiger partial charge in [0.25, 0.3) is 0 Å². The van der Waals surface area contributed by atoms with Crippen molar-refractivity contribution in [3.8, 4) is 6.07 Å². The highest BCUT2D eigenvalue weighted by Gasteiger charge is 2.40. The Hall–Kier alpha value is -2.16. The van der Waals surface area contributed by atoms with Gasteiger partial charge < -0.3 is 9.80 Å². The van der Waals surface area contributed by atoms with Crippen LogP contribution in [-0.2, 0) is 4.79 Å². The monoisotopic (exact) mass is 327 g/mol. The van der Waals surface area contributed by atoms with E-state index in [1.807, 2.05) is 25.7 Å². The molecule has 0 N–H and O–H groups in total. The number of hydrogen-bond donors (Lipinski definition) is 0. The first-order valence-corrected chi connectivity index (χ1v) is 8.88. The number of nitrogens with zero attached hydrogens (tertiary/aromatic N) is 5. The zero-order valence-electron chi connectivity index (χ0n) is 14.7. The van der Waals surface area contributed by atoms with Gasteiger partial charge in [-0.15, -0.1) is 5.10 Å². The molecule has 3 rings (SSSR count). The Morgan fingerprint density at radius 1 is 1.21 bits per heavy atom. The van der Waals surface area contributed by atoms with E-state index in [4.69, 9.17) is 0 Å². The molecule has 6 nitrogen and oxygen atoms in total. The van der Waals surface area contributed by atoms with Gasteiger partial charge in [-0.05, 0) is 45.1 Å². The Kier molecular flexibility index (Phi) is 4.70. The number of amides is 1. The van der Waals surface area contributed by atoms with E-state index in [0.29, 0.717) is 17.8 Å². The summed E-state index contributed by atoms with van der Waals surface area (Å²) in [5.74, 6) is 0.926. The summed E-state index contributed by atoms with van der Waals surface area (Å²) in [6, 6.07) is 2.79. The normalized spacial score (nSPS) is 23.6. The van der Waals surface area contributed by atoms with E-state index in [1.165, 1.54) is 0 Å². The molecule has 128 valence electrons. The Morgan fingerprint density at radius 3 is 2.62 bits per heavy atom. The van der Waals surface area contributed by atoms with Crippen LogP contribution < -0.4 is 4.90 Å². The maximum atomic E-state index is 12.3. The van der Waals surface area contributed by atoms with Crippen molar-refractivity contribution in [2.45, 2.75) is 65.0 Å². The zero-order chi connectivity index (χ0) is 17.3. The number of carbonyl (C=O) groups excluding carboxylic acids is 1. The molecule has 0 spiro atoms. The molecule has 2 unspecified atom stereocenters. The standard InChI is InChI=1S/C18H25N5O/c1-4-17(24)22-9-5-7-15(22)16-8-6-10-23(16)18-14(11-19)12(2)13(3)20-21-18/h15-16H,4-10H2,1-3H3. The van der Waals surface area contributed by atoms with Crippen molar-refractivity contribution in [3.63, 3.8) is 0 Å². The molecule has 1 aromatic heterocycles. The highest BCUT2D eigenvalue weighted by Crippen LogP contribution is 2.34. The molecule has 2 aliphatic rings. The Morgan fingerprint density at radius 2 is 1.92 bits per heavy atom. The van der Waals surface area contributed by atoms with Crippen molar-refractivity contribution in [1.82, 2.24) is 15.1 Å². The van der Waals surface area contributed by atoms with Crippen LogP contribution in [0, 0.1) is 25.2 Å². The number of nitriles is 1. The van der Waals surface area contributed by atoms with Crippen LogP contribution >= 0.6 is 0 Å². The van der Waals surface area contributed by atoms with Crippen LogP contribution in [0.2, 0.25) is 0 Å². The largest absolute Gasteiger partial charge is 0.349 e. The summed E-state index contributed by atoms with van der Waals surface area (Å²) in [5, 5.41) is 18.2. The van der Waals surface area contributed by atoms with Gasteiger partial charge in [0.05, 0.1) is 17.8 Å². The summed E-state index contributed by atoms with van der Waals surface area (Å²) < 4.78 is 0. The van der Waals surface area contributed by atoms with Crippen molar-refractivity contribution < 1.29 is 4.79 Å². The van der Waals surface area contributed by atoms with Crippen molar-refractivity contribution in [1.29, 1.82) is 5.26 Å². The lowest BCUT2D eigenvalue weighted by atomic mass is 10.0. The molecule has 3 heterocycles. The quantitative estimate of drug-likeness (QED) is 0.852. The van der Waals surface area contributed by atoms with E-state index < -0.39 is 0 Å². The maximum Gasteiger partial charge on any atom is 0.222 e. The smallest absolute Gasteiger partial charge is 0.222 e. The molecule has 0 aromatic carbocycles. The summed E-state index contributed by atoms with van der Waals surface area (Å²) in [5.41, 5.74) is 2.33. The first-order chi connectivity index (χ1) is 11.6. The van der Waals surface area contributed by atoms with Gasteiger partial charge in [0.15, 0.2) is 5.82 Å². The summed E-state index contributed by atoms with van der Waals surface area (Å²) in [6.07, 6.45) is 4.75. The molecule has 2 fully saturated rings. The van der Waals surface area contributed by atoms with E-state index in [9.17, 15) is 10.1 Å². The molecule has 1 aromatic rings. The molecular weight excluding hydrogens is 302 g/mol. The van der Waals surface area contributed by atoms with Crippen molar-refractivity contribution >= 4 is 11.7 Å². The Bertz CT molecular complexity index is 681. The third-order valence-corrected chi connectivity index (χ3v) is 5.49. The van der Waals surface area contributed by atoms with E-state index in [-0.39, 0.29) is 18.0 Å². The lowest BCUT2D eigenvalue weighted by Gasteiger charge is -2.35. The number of hydrogen-bond acceptors (Lipinski definition) is 5. The number of anilines is 1. The van der Waals surface area contributed by atoms with E-state index in [0.717, 1.165) is 50.0 Å². The molecule has 1 amide bonds. The van der Waals surface area contributed by atoms with E-state index >= 15 is 0 Å². The van der Waals surface area contributed by atoms with Crippen molar-refractivity contribution in [3.05, 3.63) is 16.8 Å². The number of likely N-dealkylation sites (tertiary alicyclic amines) is 1. The second-order valence-corrected chi connectivity index (χ2v) is 6.77. The fraction of sp³-hybridized carbons (Fsp3) is 0.667. The molecule has 0 bridgehead atoms. The average molecular weight is 327 g/mol. The van der Waals surface area contributed by atoms with Gasteiger partial charge in [-0.1, -0.05) is 6.92 Å². The second-order valence-electron chi connectivity index (χ2n) is 6.77. The molecule has 0 radical (unpaired) electrons. The minimum absolute atomic E-state index is 0.231. The van der Waals surface area contributed by atoms with Crippen molar-refractivity contribution in [2.75, 3.05) is 18.0 Å². The molecule has 2 saturated heterocycles. The van der Waals surface area contributed by atoms with Crippen LogP contribution in [-0.4, -0.2) is 46.2 Å². The number of carbonyl (C=O) groups is 1. The van der Waals surface area contributed by atoms with Gasteiger partial charge in [0, 0.05) is 19.5 Å². The highest BCUT2D eigenvalue weighted by atomic mass is 16.2. The minimum atomic E-state index is 0.231. The van der Waals surface area contributed by atoms with E-state index in [1.54, 1.807) is 0 Å². The Labute approximate surface area is 143 Å². The lowest BCUT2D eigenvalue weighted by molar-refractivity contribution is -0.132. The molecule has 2 aliphatic heterocycles. The predicted octanol–water partition coefficient (Wildman–Crippen LogP) is 2.33. The summed E-state index contributed by atoms with van der Waals surface area (Å²) in [4.78, 5) is 16.5. The van der Waals surface area contributed by atoms with E-state index in [2.05, 4.69) is 21.2 Å². The lowest BCUT2D eigenvalue weighted by Crippen LogP contribution is -2.48. The number of aryl methyl sites for hydroxylation is 1. The van der Waals surface area contributed by atoms with Gasteiger partial charge in [-0.25, -0.2) is 0 Å². The first kappa shape index (κ1) is 16.7. The second kappa shape index (κ2) is 6.76. The van der Waals surface area contributed by atoms with Crippen LogP contribution in [0.15, 0.2) is 0 Å². The van der Waals surface area contributed by atoms with Gasteiger partial charge in [0.2, 0.25) is 5.91 Å². The molecule has 6 heteroatoms. The SMILES string of the molecule is CCC(=O)N1CCCC1C1CCCN1c1nnc(C)c(C)c1C#N. The summed E-state index contributed by atoms with van der Waals surface area (Å²) in [7, 11) is 0. The van der Waals surface area contributed by atoms with Gasteiger partial charge >= 0.3 is 0 Å². The average Bonchev–Trinajstić information content (AvgIpc) is 3.24. The van der Waals surface area contributed by atoms with Crippen LogP contribution in [0.4, 0.5) is 5.82 Å². The minimum Gasteiger partial charge on any atom is -0.349 e. The summed E-state index contributed by atoms with van der Waals surface area (Å²) >= 11 is 0. The van der Waals surface area contributed by atoms with Crippen LogP contribution in [0.5, 0.6) is 0 Å². The molecule has 2 atom stereocenters. The van der Waals surface area contributed by atoms with Crippen LogP contribution in [0.3, 0.4) is 0 Å². The van der Waals surface area contributed by atoms with Gasteiger partial charge in [-0.3, -0.25) is 4.79 Å². The highest BCUT2D eigenvalue weighted by molar-refractivity contribution is 5.76.